The van der Waals surface area contributed by atoms with Crippen molar-refractivity contribution in [1.82, 2.24) is 4.90 Å². The number of aliphatic carboxylic acids is 1. The first kappa shape index (κ1) is 16.3. The lowest BCUT2D eigenvalue weighted by Gasteiger charge is -2.32. The zero-order chi connectivity index (χ0) is 15.2. The molecule has 0 saturated carbocycles. The van der Waals surface area contributed by atoms with Crippen LogP contribution in [-0.2, 0) is 16.1 Å². The Balaban J connectivity index is 1.75. The molecule has 5 heteroatoms. The largest absolute Gasteiger partial charge is 0.481 e. The topological polar surface area (TPSA) is 49.8 Å². The highest BCUT2D eigenvalue weighted by Crippen LogP contribution is 2.20. The Kier molecular flexibility index (Phi) is 6.03. The molecule has 0 spiro atoms. The van der Waals surface area contributed by atoms with Crippen molar-refractivity contribution < 1.29 is 14.6 Å². The van der Waals surface area contributed by atoms with Crippen LogP contribution in [0, 0.1) is 6.92 Å². The molecule has 1 aliphatic heterocycles. The maximum absolute atomic E-state index is 10.5. The van der Waals surface area contributed by atoms with Gasteiger partial charge in [0.15, 0.2) is 0 Å². The summed E-state index contributed by atoms with van der Waals surface area (Å²) in [5, 5.41) is 9.38. The summed E-state index contributed by atoms with van der Waals surface area (Å²) in [6.45, 7) is 5.31. The number of rotatable bonds is 6. The van der Waals surface area contributed by atoms with E-state index in [0.29, 0.717) is 6.61 Å². The quantitative estimate of drug-likeness (QED) is 0.877. The van der Waals surface area contributed by atoms with E-state index in [4.69, 9.17) is 21.4 Å². The van der Waals surface area contributed by atoms with Gasteiger partial charge in [-0.05, 0) is 43.0 Å². The second-order valence-electron chi connectivity index (χ2n) is 5.56. The minimum atomic E-state index is -0.800. The van der Waals surface area contributed by atoms with Crippen LogP contribution < -0.4 is 0 Å². The predicted octanol–water partition coefficient (Wildman–Crippen LogP) is 3.10. The van der Waals surface area contributed by atoms with E-state index >= 15 is 0 Å². The van der Waals surface area contributed by atoms with Crippen LogP contribution in [0.5, 0.6) is 0 Å². The van der Waals surface area contributed by atoms with Gasteiger partial charge in [-0.15, -0.1) is 0 Å². The van der Waals surface area contributed by atoms with E-state index < -0.39 is 5.97 Å². The van der Waals surface area contributed by atoms with Crippen LogP contribution in [0.2, 0.25) is 5.02 Å². The molecule has 0 aromatic heterocycles. The molecule has 0 bridgehead atoms. The van der Waals surface area contributed by atoms with Gasteiger partial charge in [0.1, 0.15) is 0 Å². The van der Waals surface area contributed by atoms with E-state index in [9.17, 15) is 4.79 Å². The third-order valence-corrected chi connectivity index (χ3v) is 4.14. The molecule has 1 fully saturated rings. The van der Waals surface area contributed by atoms with Crippen LogP contribution in [0.3, 0.4) is 0 Å². The molecule has 1 saturated heterocycles. The lowest BCUT2D eigenvalue weighted by Crippen LogP contribution is -2.37. The van der Waals surface area contributed by atoms with Crippen LogP contribution in [0.15, 0.2) is 18.2 Å². The first-order chi connectivity index (χ1) is 10.0. The zero-order valence-corrected chi connectivity index (χ0v) is 13.1. The SMILES string of the molecule is Cc1cc(Cl)ccc1CN1CCC(OCCC(=O)O)CC1. The summed E-state index contributed by atoms with van der Waals surface area (Å²) in [5.74, 6) is -0.800. The minimum absolute atomic E-state index is 0.0875. The number of aryl methyl sites for hydroxylation is 1. The average Bonchev–Trinajstić information content (AvgIpc) is 2.43. The van der Waals surface area contributed by atoms with Crippen molar-refractivity contribution in [3.8, 4) is 0 Å². The van der Waals surface area contributed by atoms with E-state index in [1.54, 1.807) is 0 Å². The number of nitrogens with zero attached hydrogens (tertiary/aromatic N) is 1. The van der Waals surface area contributed by atoms with Crippen LogP contribution in [-0.4, -0.2) is 41.8 Å². The summed E-state index contributed by atoms with van der Waals surface area (Å²) >= 11 is 5.98. The number of hydrogen-bond donors (Lipinski definition) is 1. The number of carboxylic acid groups (broad SMARTS) is 1. The van der Waals surface area contributed by atoms with Crippen molar-refractivity contribution in [3.63, 3.8) is 0 Å². The van der Waals surface area contributed by atoms with Crippen LogP contribution in [0.25, 0.3) is 0 Å². The molecule has 1 N–H and O–H groups in total. The summed E-state index contributed by atoms with van der Waals surface area (Å²) < 4.78 is 5.61. The van der Waals surface area contributed by atoms with Gasteiger partial charge in [0, 0.05) is 24.7 Å². The predicted molar refractivity (Wildman–Crippen MR) is 82.7 cm³/mol. The van der Waals surface area contributed by atoms with E-state index in [1.165, 1.54) is 11.1 Å². The fourth-order valence-corrected chi connectivity index (χ4v) is 2.85. The Morgan fingerprint density at radius 2 is 2.14 bits per heavy atom. The van der Waals surface area contributed by atoms with Gasteiger partial charge in [-0.1, -0.05) is 17.7 Å². The molecule has 0 unspecified atom stereocenters. The molecule has 0 amide bonds. The molecule has 116 valence electrons. The maximum atomic E-state index is 10.5. The molecular formula is C16H22ClNO3. The number of carbonyl (C=O) groups is 1. The van der Waals surface area contributed by atoms with Gasteiger partial charge in [-0.2, -0.15) is 0 Å². The van der Waals surface area contributed by atoms with E-state index in [1.807, 2.05) is 12.1 Å². The van der Waals surface area contributed by atoms with Crippen LogP contribution in [0.4, 0.5) is 0 Å². The highest BCUT2D eigenvalue weighted by atomic mass is 35.5. The van der Waals surface area contributed by atoms with E-state index in [2.05, 4.69) is 17.9 Å². The molecule has 1 aromatic carbocycles. The van der Waals surface area contributed by atoms with Crippen LogP contribution >= 0.6 is 11.6 Å². The normalized spacial score (nSPS) is 17.0. The van der Waals surface area contributed by atoms with Gasteiger partial charge in [-0.3, -0.25) is 9.69 Å². The summed E-state index contributed by atoms with van der Waals surface area (Å²) in [4.78, 5) is 12.9. The summed E-state index contributed by atoms with van der Waals surface area (Å²) in [6, 6.07) is 6.03. The zero-order valence-electron chi connectivity index (χ0n) is 12.3. The molecule has 2 rings (SSSR count). The molecule has 0 atom stereocenters. The lowest BCUT2D eigenvalue weighted by molar-refractivity contribution is -0.138. The number of carboxylic acids is 1. The number of halogens is 1. The minimum Gasteiger partial charge on any atom is -0.481 e. The first-order valence-electron chi connectivity index (χ1n) is 7.35. The number of ether oxygens (including phenoxy) is 1. The number of likely N-dealkylation sites (tertiary alicyclic amines) is 1. The van der Waals surface area contributed by atoms with Gasteiger partial charge in [-0.25, -0.2) is 0 Å². The highest BCUT2D eigenvalue weighted by Gasteiger charge is 2.20. The third kappa shape index (κ3) is 5.30. The summed E-state index contributed by atoms with van der Waals surface area (Å²) in [6.07, 6.45) is 2.22. The third-order valence-electron chi connectivity index (χ3n) is 3.90. The smallest absolute Gasteiger partial charge is 0.305 e. The molecule has 4 nitrogen and oxygen atoms in total. The highest BCUT2D eigenvalue weighted by molar-refractivity contribution is 6.30. The van der Waals surface area contributed by atoms with Crippen LogP contribution in [0.1, 0.15) is 30.4 Å². The fourth-order valence-electron chi connectivity index (χ4n) is 2.62. The number of piperidine rings is 1. The van der Waals surface area contributed by atoms with Crippen molar-refractivity contribution >= 4 is 17.6 Å². The molecule has 0 aliphatic carbocycles. The second kappa shape index (κ2) is 7.78. The Labute approximate surface area is 130 Å². The molecule has 1 aliphatic rings. The lowest BCUT2D eigenvalue weighted by atomic mass is 10.0. The second-order valence-corrected chi connectivity index (χ2v) is 6.00. The summed E-state index contributed by atoms with van der Waals surface area (Å²) in [5.41, 5.74) is 2.53. The Morgan fingerprint density at radius 3 is 2.76 bits per heavy atom. The molecule has 1 heterocycles. The van der Waals surface area contributed by atoms with Crippen molar-refractivity contribution in [2.45, 2.75) is 38.8 Å². The van der Waals surface area contributed by atoms with E-state index in [0.717, 1.165) is 37.5 Å². The average molecular weight is 312 g/mol. The molecule has 1 aromatic rings. The summed E-state index contributed by atoms with van der Waals surface area (Å²) in [7, 11) is 0. The maximum Gasteiger partial charge on any atom is 0.305 e. The van der Waals surface area contributed by atoms with Gasteiger partial charge in [0.2, 0.25) is 0 Å². The van der Waals surface area contributed by atoms with E-state index in [-0.39, 0.29) is 12.5 Å². The van der Waals surface area contributed by atoms with Gasteiger partial charge >= 0.3 is 5.97 Å². The van der Waals surface area contributed by atoms with Crippen molar-refractivity contribution in [1.29, 1.82) is 0 Å². The van der Waals surface area contributed by atoms with Crippen molar-refractivity contribution in [2.24, 2.45) is 0 Å². The van der Waals surface area contributed by atoms with Crippen molar-refractivity contribution in [2.75, 3.05) is 19.7 Å². The molecule has 0 radical (unpaired) electrons. The standard InChI is InChI=1S/C16H22ClNO3/c1-12-10-14(17)3-2-13(12)11-18-7-4-15(5-8-18)21-9-6-16(19)20/h2-3,10,15H,4-9,11H2,1H3,(H,19,20). The Hall–Kier alpha value is -1.10. The van der Waals surface area contributed by atoms with Gasteiger partial charge < -0.3 is 9.84 Å². The number of hydrogen-bond acceptors (Lipinski definition) is 3. The molecule has 21 heavy (non-hydrogen) atoms. The monoisotopic (exact) mass is 311 g/mol. The Morgan fingerprint density at radius 1 is 1.43 bits per heavy atom. The fraction of sp³-hybridized carbons (Fsp3) is 0.562. The Bertz CT molecular complexity index is 484. The molecular weight excluding hydrogens is 290 g/mol. The first-order valence-corrected chi connectivity index (χ1v) is 7.73. The van der Waals surface area contributed by atoms with Gasteiger partial charge in [0.25, 0.3) is 0 Å². The number of benzene rings is 1. The van der Waals surface area contributed by atoms with Crippen molar-refractivity contribution in [3.05, 3.63) is 34.3 Å². The van der Waals surface area contributed by atoms with Gasteiger partial charge in [0.05, 0.1) is 19.1 Å².